The van der Waals surface area contributed by atoms with E-state index in [-0.39, 0.29) is 44.0 Å². The highest BCUT2D eigenvalue weighted by Gasteiger charge is 2.28. The van der Waals surface area contributed by atoms with Crippen molar-refractivity contribution in [3.8, 4) is 57.8 Å². The second kappa shape index (κ2) is 30.2. The van der Waals surface area contributed by atoms with Crippen LogP contribution in [0.3, 0.4) is 0 Å². The van der Waals surface area contributed by atoms with Crippen LogP contribution in [0.1, 0.15) is 139 Å². The lowest BCUT2D eigenvalue weighted by Gasteiger charge is -2.17. The van der Waals surface area contributed by atoms with E-state index >= 15 is 0 Å². The maximum absolute atomic E-state index is 12.1. The fourth-order valence-corrected chi connectivity index (χ4v) is 11.2. The van der Waals surface area contributed by atoms with Crippen LogP contribution in [0.4, 0.5) is 0 Å². The number of fused-ring (bicyclic) bond motifs is 3. The number of amides is 1. The van der Waals surface area contributed by atoms with E-state index in [9.17, 15) is 24.4 Å². The van der Waals surface area contributed by atoms with E-state index < -0.39 is 22.2 Å². The Balaban J connectivity index is 0.000000157. The summed E-state index contributed by atoms with van der Waals surface area (Å²) in [5.74, 6) is 5.24. The highest BCUT2D eigenvalue weighted by Crippen LogP contribution is 2.37. The third-order valence-electron chi connectivity index (χ3n) is 16.3. The van der Waals surface area contributed by atoms with Crippen molar-refractivity contribution in [2.75, 3.05) is 0 Å². The number of rotatable bonds is 14. The number of carbonyl (C=O) groups excluding carboxylic acids is 4. The molecule has 488 valence electrons. The van der Waals surface area contributed by atoms with Crippen molar-refractivity contribution in [1.82, 2.24) is 73.4 Å². The zero-order chi connectivity index (χ0) is 67.2. The Kier molecular flexibility index (Phi) is 21.8. The van der Waals surface area contributed by atoms with Crippen molar-refractivity contribution < 1.29 is 33.4 Å². The highest BCUT2D eigenvalue weighted by atomic mass is 16.6. The summed E-state index contributed by atoms with van der Waals surface area (Å²) in [5.41, 5.74) is 12.4. The Labute approximate surface area is 545 Å². The van der Waals surface area contributed by atoms with Crippen LogP contribution < -0.4 is 5.73 Å². The van der Waals surface area contributed by atoms with Crippen LogP contribution in [0.15, 0.2) is 105 Å². The molecule has 3 N–H and O–H groups in total. The number of hydrogen-bond donors (Lipinski definition) is 2. The van der Waals surface area contributed by atoms with Crippen molar-refractivity contribution in [3.63, 3.8) is 0 Å². The number of H-pyrrole nitrogens is 1. The number of aromatic nitrogens is 15. The molecule has 94 heavy (non-hydrogen) atoms. The minimum atomic E-state index is -0.576. The van der Waals surface area contributed by atoms with Gasteiger partial charge in [0, 0.05) is 106 Å². The van der Waals surface area contributed by atoms with Gasteiger partial charge in [-0.3, -0.25) is 38.0 Å². The number of primary amides is 1. The lowest BCUT2D eigenvalue weighted by atomic mass is 9.97. The Morgan fingerprint density at radius 1 is 0.564 bits per heavy atom. The first-order valence-corrected chi connectivity index (χ1v) is 31.5. The molecule has 1 amide bonds. The van der Waals surface area contributed by atoms with Crippen LogP contribution in [0.2, 0.25) is 0 Å². The third-order valence-corrected chi connectivity index (χ3v) is 16.3. The van der Waals surface area contributed by atoms with E-state index in [1.54, 1.807) is 53.9 Å². The van der Waals surface area contributed by atoms with Gasteiger partial charge in [-0.25, -0.2) is 39.3 Å². The zero-order valence-electron chi connectivity index (χ0n) is 54.7. The molecule has 9 heterocycles. The van der Waals surface area contributed by atoms with Crippen molar-refractivity contribution in [3.05, 3.63) is 105 Å². The number of nitrogens with one attached hydrogen (secondary N) is 1. The summed E-state index contributed by atoms with van der Waals surface area (Å²) < 4.78 is 25.1. The summed E-state index contributed by atoms with van der Waals surface area (Å²) >= 11 is 0. The molecule has 0 aromatic carbocycles. The van der Waals surface area contributed by atoms with Gasteiger partial charge in [-0.1, -0.05) is 44.4 Å². The number of nitriles is 2. The van der Waals surface area contributed by atoms with Gasteiger partial charge in [0.1, 0.15) is 35.9 Å². The fraction of sp³-hybridized carbons (Fsp3) is 0.435. The molecular formula is C69H80N18O7. The van der Waals surface area contributed by atoms with E-state index in [1.807, 2.05) is 118 Å². The second-order valence-corrected chi connectivity index (χ2v) is 26.5. The van der Waals surface area contributed by atoms with Gasteiger partial charge < -0.3 is 19.9 Å². The van der Waals surface area contributed by atoms with Crippen LogP contribution >= 0.6 is 0 Å². The Bertz CT molecular complexity index is 4340. The molecule has 0 aliphatic heterocycles. The van der Waals surface area contributed by atoms with Crippen LogP contribution in [0.25, 0.3) is 78.3 Å². The average Bonchev–Trinajstić information content (AvgIpc) is 1.65. The lowest BCUT2D eigenvalue weighted by Crippen LogP contribution is -2.23. The standard InChI is InChI=1S/C23H28N6O3.C23H26N6O2.C15H17N5O2.C8H9N/c1-23(2,3)22(31)32-14-28-9-8-17-20(25-13-26-21(17)28)16-11-27-29(12-16)18(10-19(24)30)15-6-4-5-7-15;1-23(2,3)22(30)31-15-28-11-9-18-20(25-14-26-21(18)28)17-12-27-29(13-17)19(8-10-24)16-6-4-5-7-16;1-15(2,3)14(21)22-9-20-5-4-11-12(10-6-18-19-7-10)16-8-17-13(11)20;9-7-3-6-8-4-1-2-5-8/h8-13,15H,4-7,14H2,1-3H3,(H2,24,30);8-9,11-14,16H,4-7,15H2,1-3H3;4-8H,9H2,1-3H3,(H,18,19);8H,1-2,4-5H2/b18-10-;19-8-;;. The van der Waals surface area contributed by atoms with Gasteiger partial charge in [-0.2, -0.15) is 25.8 Å². The molecule has 0 unspecified atom stereocenters. The molecule has 3 aliphatic carbocycles. The number of aromatic amines is 1. The Morgan fingerprint density at radius 3 is 1.33 bits per heavy atom. The summed E-state index contributed by atoms with van der Waals surface area (Å²) in [6.45, 7) is 16.7. The molecule has 9 aromatic heterocycles. The van der Waals surface area contributed by atoms with Crippen molar-refractivity contribution >= 4 is 68.3 Å². The fourth-order valence-electron chi connectivity index (χ4n) is 11.2. The molecule has 25 nitrogen and oxygen atoms in total. The number of hydrogen-bond acceptors (Lipinski definition) is 18. The van der Waals surface area contributed by atoms with Gasteiger partial charge in [0.05, 0.1) is 69.4 Å². The van der Waals surface area contributed by atoms with Crippen LogP contribution in [-0.2, 0) is 53.6 Å². The monoisotopic (exact) mass is 1270 g/mol. The first kappa shape index (κ1) is 67.8. The van der Waals surface area contributed by atoms with Gasteiger partial charge in [0.15, 0.2) is 26.3 Å². The number of esters is 3. The number of nitrogens with zero attached hydrogens (tertiary/aromatic N) is 16. The van der Waals surface area contributed by atoms with Gasteiger partial charge in [0.25, 0.3) is 0 Å². The quantitative estimate of drug-likeness (QED) is 0.0336. The van der Waals surface area contributed by atoms with Gasteiger partial charge in [-0.05, 0) is 119 Å². The molecule has 12 rings (SSSR count). The molecule has 0 bridgehead atoms. The molecule has 0 atom stereocenters. The normalized spacial score (nSPS) is 14.8. The molecule has 3 aliphatic rings. The predicted octanol–water partition coefficient (Wildman–Crippen LogP) is 11.8. The minimum Gasteiger partial charge on any atom is -0.443 e. The number of ether oxygens (including phenoxy) is 3. The molecular weight excluding hydrogens is 1190 g/mol. The van der Waals surface area contributed by atoms with Gasteiger partial charge in [-0.15, -0.1) is 0 Å². The Hall–Kier alpha value is -10.6. The van der Waals surface area contributed by atoms with E-state index in [0.717, 1.165) is 94.2 Å². The molecule has 0 saturated heterocycles. The second-order valence-electron chi connectivity index (χ2n) is 26.5. The minimum absolute atomic E-state index is 0.0719. The number of nitrogens with two attached hydrogens (primary N) is 1. The Morgan fingerprint density at radius 2 is 0.957 bits per heavy atom. The summed E-state index contributed by atoms with van der Waals surface area (Å²) in [6.07, 6.45) is 37.6. The SMILES string of the molecule is CC(C)(C)C(=O)OCn1ccc2c(-c3cn[nH]c3)ncnc21.CC(C)(C)C(=O)OCn1ccc2c(-c3cnn(/C(=C\C#N)C4CCCC4)c3)ncnc21.CC(C)(C)C(=O)OCn1ccc2c(-c3cnn(/C(=C\C(N)=O)C4CCCC4)c3)ncnc21.N#CC#CC1CCCC1. The van der Waals surface area contributed by atoms with Crippen molar-refractivity contribution in [1.29, 1.82) is 10.5 Å². The first-order chi connectivity index (χ1) is 45.0. The zero-order valence-corrected chi connectivity index (χ0v) is 54.7. The molecule has 9 aromatic rings. The van der Waals surface area contributed by atoms with E-state index in [4.69, 9.17) is 25.2 Å². The van der Waals surface area contributed by atoms with Crippen LogP contribution in [-0.4, -0.2) is 97.2 Å². The summed E-state index contributed by atoms with van der Waals surface area (Å²) in [4.78, 5) is 74.0. The maximum Gasteiger partial charge on any atom is 0.312 e. The molecule has 0 spiro atoms. The topological polar surface area (TPSA) is 326 Å². The summed E-state index contributed by atoms with van der Waals surface area (Å²) in [7, 11) is 0. The van der Waals surface area contributed by atoms with Crippen LogP contribution in [0.5, 0.6) is 0 Å². The molecule has 25 heteroatoms. The van der Waals surface area contributed by atoms with Gasteiger partial charge >= 0.3 is 17.9 Å². The number of carbonyl (C=O) groups is 4. The van der Waals surface area contributed by atoms with Crippen molar-refractivity contribution in [2.24, 2.45) is 39.7 Å². The highest BCUT2D eigenvalue weighted by molar-refractivity contribution is 5.94. The maximum atomic E-state index is 12.1. The van der Waals surface area contributed by atoms with Crippen LogP contribution in [0, 0.1) is 68.5 Å². The predicted molar refractivity (Wildman–Crippen MR) is 352 cm³/mol. The molecule has 3 fully saturated rings. The summed E-state index contributed by atoms with van der Waals surface area (Å²) in [5, 5.41) is 35.6. The third kappa shape index (κ3) is 16.9. The number of allylic oxidation sites excluding steroid dienone is 3. The van der Waals surface area contributed by atoms with Crippen molar-refractivity contribution in [2.45, 2.75) is 160 Å². The van der Waals surface area contributed by atoms with E-state index in [2.05, 4.69) is 68.2 Å². The summed E-state index contributed by atoms with van der Waals surface area (Å²) in [6, 6.07) is 9.71. The first-order valence-electron chi connectivity index (χ1n) is 31.5. The molecule has 3 saturated carbocycles. The lowest BCUT2D eigenvalue weighted by molar-refractivity contribution is -0.157. The average molecular weight is 1270 g/mol. The van der Waals surface area contributed by atoms with Gasteiger partial charge in [0.2, 0.25) is 5.91 Å². The van der Waals surface area contributed by atoms with E-state index in [1.165, 1.54) is 63.6 Å². The van der Waals surface area contributed by atoms with E-state index in [0.29, 0.717) is 34.5 Å². The molecule has 0 radical (unpaired) electrons. The largest absolute Gasteiger partial charge is 0.443 e. The smallest absolute Gasteiger partial charge is 0.312 e.